The van der Waals surface area contributed by atoms with Crippen LogP contribution in [-0.4, -0.2) is 65.5 Å². The summed E-state index contributed by atoms with van der Waals surface area (Å²) in [6.45, 7) is 8.22. The first-order valence-electron chi connectivity index (χ1n) is 24.2. The molecule has 4 aliphatic rings. The second-order valence-electron chi connectivity index (χ2n) is 19.0. The molecule has 8 aromatic rings. The van der Waals surface area contributed by atoms with Crippen LogP contribution in [0.1, 0.15) is 70.6 Å². The second-order valence-corrected chi connectivity index (χ2v) is 20.1. The molecular formula is C56H50FN9O5S. The third kappa shape index (κ3) is 6.33. The molecule has 1 atom stereocenters. The third-order valence-electron chi connectivity index (χ3n) is 14.8. The Morgan fingerprint density at radius 2 is 1.15 bits per heavy atom. The maximum atomic E-state index is 15.8. The molecule has 362 valence electrons. The first-order valence-corrected chi connectivity index (χ1v) is 25.2. The summed E-state index contributed by atoms with van der Waals surface area (Å²) in [5, 5.41) is 9.97. The minimum absolute atomic E-state index is 0.0396. The Morgan fingerprint density at radius 3 is 1.74 bits per heavy atom. The molecule has 14 nitrogen and oxygen atoms in total. The standard InChI is InChI=1S/C56H50FN9O5S/c1-34-25-27-45-43(31-34)56(63(46(67)33-72-56)49-37(4)60(5)66(50(49)68)41-23-15-10-16-24-41)54(70)62(45)30-18-7-6-17-29-61-44-28-26-38(57)32-42(44)55(53(61)69)47-35(2)58-64(39-19-11-8-12-20-39)51(47)71-52-48(55)36(3)59-65(52)40-21-13-9-14-22-40/h8-16,19-28,31-32H,6-7,17-18,29-30,33H2,1-5H3. The Bertz CT molecular complexity index is 3510. The number of rotatable bonds is 11. The first-order chi connectivity index (χ1) is 34.9. The van der Waals surface area contributed by atoms with Gasteiger partial charge in [0.05, 0.1) is 56.7 Å². The molecule has 0 saturated carbocycles. The van der Waals surface area contributed by atoms with E-state index in [4.69, 9.17) is 14.9 Å². The van der Waals surface area contributed by atoms with Crippen molar-refractivity contribution in [1.29, 1.82) is 0 Å². The molecule has 5 aromatic carbocycles. The first kappa shape index (κ1) is 45.2. The number of anilines is 3. The topological polar surface area (TPSA) is 133 Å². The van der Waals surface area contributed by atoms with Crippen LogP contribution in [0.4, 0.5) is 21.5 Å². The smallest absolute Gasteiger partial charge is 0.295 e. The van der Waals surface area contributed by atoms with Gasteiger partial charge >= 0.3 is 0 Å². The number of nitrogens with zero attached hydrogens (tertiary/aromatic N) is 9. The van der Waals surface area contributed by atoms with Crippen LogP contribution in [0.15, 0.2) is 132 Å². The number of carbonyl (C=O) groups excluding carboxylic acids is 3. The van der Waals surface area contributed by atoms with E-state index in [-0.39, 0.29) is 34.7 Å². The molecule has 0 bridgehead atoms. The number of thioether (sulfide) groups is 1. The van der Waals surface area contributed by atoms with Crippen LogP contribution >= 0.6 is 11.8 Å². The molecule has 16 heteroatoms. The summed E-state index contributed by atoms with van der Waals surface area (Å²) in [5.41, 5.74) is 6.66. The zero-order valence-electron chi connectivity index (χ0n) is 40.4. The summed E-state index contributed by atoms with van der Waals surface area (Å²) in [4.78, 5) is 63.0. The molecule has 4 aliphatic heterocycles. The number of aromatic nitrogens is 6. The number of unbranched alkanes of at least 4 members (excludes halogenated alkanes) is 3. The number of carbonyl (C=O) groups is 3. The molecule has 0 aliphatic carbocycles. The van der Waals surface area contributed by atoms with Crippen LogP contribution in [0.2, 0.25) is 0 Å². The van der Waals surface area contributed by atoms with E-state index >= 15 is 14.0 Å². The Balaban J connectivity index is 0.830. The highest BCUT2D eigenvalue weighted by Crippen LogP contribution is 2.61. The molecule has 7 heterocycles. The minimum Gasteiger partial charge on any atom is -0.420 e. The summed E-state index contributed by atoms with van der Waals surface area (Å²) >= 11 is 1.26. The van der Waals surface area contributed by atoms with Crippen molar-refractivity contribution in [3.05, 3.63) is 188 Å². The number of hydrogen-bond acceptors (Lipinski definition) is 8. The summed E-state index contributed by atoms with van der Waals surface area (Å²) in [7, 11) is 1.78. The maximum Gasteiger partial charge on any atom is 0.295 e. The SMILES string of the molecule is Cc1ccc2c(c1)C1(SCC(=O)N1c1c(C)n(C)n(-c3ccccc3)c1=O)C(=O)N2CCCCCCN1C(=O)C2(c3cc(F)ccc31)c1c(C)nn(-c3ccccc3)c1Oc1c2c(C)nn1-c1ccccc1. The number of ether oxygens (including phenoxy) is 1. The Hall–Kier alpha value is -7.98. The van der Waals surface area contributed by atoms with E-state index in [1.165, 1.54) is 33.5 Å². The lowest BCUT2D eigenvalue weighted by Gasteiger charge is -2.34. The Kier molecular flexibility index (Phi) is 10.6. The van der Waals surface area contributed by atoms with E-state index in [0.717, 1.165) is 35.5 Å². The van der Waals surface area contributed by atoms with Gasteiger partial charge in [-0.15, -0.1) is 11.8 Å². The zero-order chi connectivity index (χ0) is 49.8. The van der Waals surface area contributed by atoms with Gasteiger partial charge in [-0.2, -0.15) is 10.2 Å². The monoisotopic (exact) mass is 979 g/mol. The van der Waals surface area contributed by atoms with E-state index in [9.17, 15) is 9.59 Å². The van der Waals surface area contributed by atoms with E-state index in [1.54, 1.807) is 43.9 Å². The van der Waals surface area contributed by atoms with Crippen molar-refractivity contribution in [2.45, 2.75) is 63.7 Å². The molecule has 1 fully saturated rings. The Labute approximate surface area is 418 Å². The maximum absolute atomic E-state index is 15.8. The van der Waals surface area contributed by atoms with E-state index < -0.39 is 16.1 Å². The fraction of sp³-hybridized carbons (Fsp3) is 0.250. The quantitative estimate of drug-likeness (QED) is 0.117. The van der Waals surface area contributed by atoms with Crippen molar-refractivity contribution in [2.24, 2.45) is 7.05 Å². The summed E-state index contributed by atoms with van der Waals surface area (Å²) < 4.78 is 29.3. The molecule has 1 unspecified atom stereocenters. The predicted octanol–water partition coefficient (Wildman–Crippen LogP) is 9.25. The fourth-order valence-electron chi connectivity index (χ4n) is 11.5. The number of benzene rings is 5. The average Bonchev–Trinajstić information content (AvgIpc) is 4.18. The van der Waals surface area contributed by atoms with Gasteiger partial charge in [-0.3, -0.25) is 28.8 Å². The van der Waals surface area contributed by atoms with Gasteiger partial charge in [-0.25, -0.2) is 18.4 Å². The van der Waals surface area contributed by atoms with E-state index in [1.807, 2.05) is 130 Å². The summed E-state index contributed by atoms with van der Waals surface area (Å²) in [5.74, 6) is -0.511. The highest BCUT2D eigenvalue weighted by Gasteiger charge is 2.63. The highest BCUT2D eigenvalue weighted by molar-refractivity contribution is 8.02. The minimum atomic E-state index is -1.53. The van der Waals surface area contributed by atoms with Gasteiger partial charge < -0.3 is 14.5 Å². The third-order valence-corrected chi connectivity index (χ3v) is 16.2. The molecular weight excluding hydrogens is 930 g/mol. The van der Waals surface area contributed by atoms with Crippen molar-refractivity contribution in [3.63, 3.8) is 0 Å². The van der Waals surface area contributed by atoms with E-state index in [2.05, 4.69) is 0 Å². The van der Waals surface area contributed by atoms with Crippen molar-refractivity contribution in [2.75, 3.05) is 33.5 Å². The summed E-state index contributed by atoms with van der Waals surface area (Å²) in [6.07, 6.45) is 2.70. The fourth-order valence-corrected chi connectivity index (χ4v) is 12.9. The van der Waals surface area contributed by atoms with Crippen LogP contribution in [-0.2, 0) is 31.7 Å². The number of amides is 3. The van der Waals surface area contributed by atoms with Crippen molar-refractivity contribution >= 4 is 46.5 Å². The van der Waals surface area contributed by atoms with Crippen molar-refractivity contribution < 1.29 is 23.5 Å². The normalized spacial score (nSPS) is 17.3. The van der Waals surface area contributed by atoms with Gasteiger partial charge in [-0.1, -0.05) is 85.1 Å². The molecule has 3 aromatic heterocycles. The van der Waals surface area contributed by atoms with E-state index in [0.29, 0.717) is 88.4 Å². The lowest BCUT2D eigenvalue weighted by Crippen LogP contribution is -2.51. The largest absolute Gasteiger partial charge is 0.420 e. The number of para-hydroxylation sites is 3. The van der Waals surface area contributed by atoms with Gasteiger partial charge in [0.1, 0.15) is 16.9 Å². The number of hydrogen-bond donors (Lipinski definition) is 0. The van der Waals surface area contributed by atoms with Gasteiger partial charge in [0.25, 0.3) is 11.5 Å². The molecule has 72 heavy (non-hydrogen) atoms. The van der Waals surface area contributed by atoms with Gasteiger partial charge in [0.15, 0.2) is 0 Å². The van der Waals surface area contributed by atoms with Gasteiger partial charge in [0.2, 0.25) is 28.4 Å². The number of aryl methyl sites for hydroxylation is 3. The number of fused-ring (bicyclic) bond motifs is 8. The van der Waals surface area contributed by atoms with Crippen molar-refractivity contribution in [1.82, 2.24) is 28.9 Å². The second kappa shape index (κ2) is 16.8. The zero-order valence-corrected chi connectivity index (χ0v) is 41.2. The van der Waals surface area contributed by atoms with Gasteiger partial charge in [0, 0.05) is 37.0 Å². The van der Waals surface area contributed by atoms with Crippen LogP contribution in [0, 0.1) is 33.5 Å². The molecule has 0 N–H and O–H groups in total. The van der Waals surface area contributed by atoms with Gasteiger partial charge in [-0.05, 0) is 101 Å². The molecule has 0 radical (unpaired) electrons. The molecule has 2 spiro atoms. The summed E-state index contributed by atoms with van der Waals surface area (Å²) in [6, 6.07) is 38.9. The number of halogens is 1. The molecule has 12 rings (SSSR count). The average molecular weight is 980 g/mol. The molecule has 3 amide bonds. The van der Waals surface area contributed by atoms with Crippen LogP contribution in [0.3, 0.4) is 0 Å². The van der Waals surface area contributed by atoms with Crippen LogP contribution < -0.4 is 25.0 Å². The predicted molar refractivity (Wildman–Crippen MR) is 275 cm³/mol. The van der Waals surface area contributed by atoms with Crippen LogP contribution in [0.25, 0.3) is 17.1 Å². The molecule has 1 saturated heterocycles. The lowest BCUT2D eigenvalue weighted by molar-refractivity contribution is -0.123. The lowest BCUT2D eigenvalue weighted by atomic mass is 9.69. The van der Waals surface area contributed by atoms with Crippen LogP contribution in [0.5, 0.6) is 11.8 Å². The Morgan fingerprint density at radius 1 is 0.625 bits per heavy atom. The highest BCUT2D eigenvalue weighted by atomic mass is 32.2. The van der Waals surface area contributed by atoms with Crippen molar-refractivity contribution in [3.8, 4) is 28.8 Å².